The molecule has 3 rings (SSSR count). The van der Waals surface area contributed by atoms with E-state index in [0.29, 0.717) is 11.1 Å². The van der Waals surface area contributed by atoms with Gasteiger partial charge in [-0.1, -0.05) is 6.92 Å². The normalized spacial score (nSPS) is 10.9. The molecule has 0 radical (unpaired) electrons. The van der Waals surface area contributed by atoms with Crippen LogP contribution in [0.15, 0.2) is 34.7 Å². The molecule has 0 unspecified atom stereocenters. The number of nitrogen functional groups attached to an aromatic ring is 1. The van der Waals surface area contributed by atoms with Crippen molar-refractivity contribution in [3.8, 4) is 0 Å². The van der Waals surface area contributed by atoms with Gasteiger partial charge in [0.2, 0.25) is 5.95 Å². The van der Waals surface area contributed by atoms with Crippen LogP contribution < -0.4 is 11.3 Å². The van der Waals surface area contributed by atoms with Crippen molar-refractivity contribution in [3.63, 3.8) is 0 Å². The van der Waals surface area contributed by atoms with Crippen LogP contribution in [0.3, 0.4) is 0 Å². The number of rotatable bonds is 4. The summed E-state index contributed by atoms with van der Waals surface area (Å²) in [4.78, 5) is 19.4. The molecule has 3 heterocycles. The first kappa shape index (κ1) is 13.2. The van der Waals surface area contributed by atoms with E-state index in [9.17, 15) is 0 Å². The van der Waals surface area contributed by atoms with Crippen LogP contribution in [0, 0.1) is 0 Å². The number of nitrogens with two attached hydrogens (primary N) is 1. The van der Waals surface area contributed by atoms with Crippen LogP contribution in [-0.4, -0.2) is 19.9 Å². The van der Waals surface area contributed by atoms with Crippen LogP contribution in [0.1, 0.15) is 11.8 Å². The maximum atomic E-state index is 5.43. The molecule has 6 nitrogen and oxygen atoms in total. The molecule has 0 aliphatic carbocycles. The molecule has 0 saturated heterocycles. The lowest BCUT2D eigenvalue weighted by molar-refractivity contribution is 0.960. The summed E-state index contributed by atoms with van der Waals surface area (Å²) in [5, 5.41) is 2.48. The molecule has 0 amide bonds. The van der Waals surface area contributed by atoms with Crippen molar-refractivity contribution in [2.45, 2.75) is 23.5 Å². The third-order valence-corrected chi connectivity index (χ3v) is 4.69. The first-order valence-corrected chi connectivity index (χ1v) is 7.65. The Bertz CT molecular complexity index is 727. The van der Waals surface area contributed by atoms with Gasteiger partial charge in [0, 0.05) is 22.7 Å². The van der Waals surface area contributed by atoms with Gasteiger partial charge in [0.05, 0.1) is 0 Å². The summed E-state index contributed by atoms with van der Waals surface area (Å²) in [6.45, 7) is 2.12. The van der Waals surface area contributed by atoms with Crippen molar-refractivity contribution >= 4 is 39.3 Å². The number of nitrogens with one attached hydrogen (secondary N) is 1. The van der Waals surface area contributed by atoms with Gasteiger partial charge in [0.1, 0.15) is 9.86 Å². The van der Waals surface area contributed by atoms with Gasteiger partial charge in [-0.15, -0.1) is 11.3 Å². The van der Waals surface area contributed by atoms with E-state index in [-0.39, 0.29) is 0 Å². The highest BCUT2D eigenvalue weighted by Gasteiger charge is 2.13. The average molecular weight is 304 g/mol. The van der Waals surface area contributed by atoms with Gasteiger partial charge in [-0.25, -0.2) is 25.8 Å². The molecule has 0 aliphatic rings. The van der Waals surface area contributed by atoms with Crippen molar-refractivity contribution in [3.05, 3.63) is 29.4 Å². The summed E-state index contributed by atoms with van der Waals surface area (Å²) in [6.07, 6.45) is 4.39. The first-order chi connectivity index (χ1) is 9.80. The van der Waals surface area contributed by atoms with E-state index in [1.165, 1.54) is 16.6 Å². The minimum absolute atomic E-state index is 0.403. The summed E-state index contributed by atoms with van der Waals surface area (Å²) in [7, 11) is 0. The van der Waals surface area contributed by atoms with Gasteiger partial charge in [-0.3, -0.25) is 5.43 Å². The third-order valence-electron chi connectivity index (χ3n) is 2.62. The number of thiophene rings is 1. The predicted molar refractivity (Wildman–Crippen MR) is 80.8 cm³/mol. The van der Waals surface area contributed by atoms with Crippen molar-refractivity contribution in [2.75, 3.05) is 5.43 Å². The number of aryl methyl sites for hydroxylation is 1. The Hall–Kier alpha value is -1.77. The summed E-state index contributed by atoms with van der Waals surface area (Å²) in [5.74, 6) is 5.83. The molecule has 0 aromatic carbocycles. The Labute approximate surface area is 123 Å². The largest absolute Gasteiger partial charge is 0.292 e. The number of nitrogens with zero attached hydrogens (tertiary/aromatic N) is 4. The molecule has 0 atom stereocenters. The third kappa shape index (κ3) is 2.58. The molecule has 0 aliphatic heterocycles. The lowest BCUT2D eigenvalue weighted by Gasteiger charge is -2.03. The van der Waals surface area contributed by atoms with Crippen LogP contribution in [-0.2, 0) is 6.42 Å². The Kier molecular flexibility index (Phi) is 3.77. The standard InChI is InChI=1S/C12H12N6S2/c1-2-7-6-8-9(19-7)16-11(18-13)17-10(8)20-12-14-4-3-5-15-12/h3-6H,2,13H2,1H3,(H,16,17,18). The number of aromatic nitrogens is 4. The molecule has 102 valence electrons. The molecule has 8 heteroatoms. The van der Waals surface area contributed by atoms with Crippen LogP contribution in [0.2, 0.25) is 0 Å². The minimum Gasteiger partial charge on any atom is -0.292 e. The molecule has 3 N–H and O–H groups in total. The second-order valence-corrected chi connectivity index (χ2v) is 5.99. The fourth-order valence-corrected chi connectivity index (χ4v) is 3.52. The molecular formula is C12H12N6S2. The van der Waals surface area contributed by atoms with E-state index in [4.69, 9.17) is 5.84 Å². The SMILES string of the molecule is CCc1cc2c(Sc3ncccn3)nc(NN)nc2s1. The van der Waals surface area contributed by atoms with Crippen LogP contribution in [0.5, 0.6) is 0 Å². The lowest BCUT2D eigenvalue weighted by atomic mass is 10.3. The Morgan fingerprint density at radius 2 is 2.10 bits per heavy atom. The lowest BCUT2D eigenvalue weighted by Crippen LogP contribution is -2.10. The van der Waals surface area contributed by atoms with Crippen LogP contribution >= 0.6 is 23.1 Å². The van der Waals surface area contributed by atoms with Gasteiger partial charge < -0.3 is 0 Å². The number of hydrogen-bond acceptors (Lipinski definition) is 8. The van der Waals surface area contributed by atoms with E-state index in [1.54, 1.807) is 29.8 Å². The monoisotopic (exact) mass is 304 g/mol. The van der Waals surface area contributed by atoms with Gasteiger partial charge >= 0.3 is 0 Å². The van der Waals surface area contributed by atoms with E-state index >= 15 is 0 Å². The number of fused-ring (bicyclic) bond motifs is 1. The summed E-state index contributed by atoms with van der Waals surface area (Å²) in [6, 6.07) is 3.90. The molecule has 3 aromatic rings. The van der Waals surface area contributed by atoms with Gasteiger partial charge in [-0.05, 0) is 30.3 Å². The number of hydrogen-bond donors (Lipinski definition) is 2. The zero-order valence-electron chi connectivity index (χ0n) is 10.7. The number of hydrazine groups is 1. The second kappa shape index (κ2) is 5.70. The molecule has 0 spiro atoms. The molecule has 3 aromatic heterocycles. The fourth-order valence-electron chi connectivity index (χ4n) is 1.69. The quantitative estimate of drug-likeness (QED) is 0.331. The van der Waals surface area contributed by atoms with Gasteiger partial charge in [0.25, 0.3) is 0 Å². The molecule has 0 fully saturated rings. The van der Waals surface area contributed by atoms with Crippen LogP contribution in [0.25, 0.3) is 10.2 Å². The summed E-state index contributed by atoms with van der Waals surface area (Å²) in [5.41, 5.74) is 2.50. The van der Waals surface area contributed by atoms with E-state index in [2.05, 4.69) is 38.4 Å². The van der Waals surface area contributed by atoms with Crippen LogP contribution in [0.4, 0.5) is 5.95 Å². The highest BCUT2D eigenvalue weighted by molar-refractivity contribution is 7.99. The highest BCUT2D eigenvalue weighted by atomic mass is 32.2. The molecule has 0 saturated carbocycles. The van der Waals surface area contributed by atoms with Gasteiger partial charge in [-0.2, -0.15) is 0 Å². The molecule has 0 bridgehead atoms. The topological polar surface area (TPSA) is 89.6 Å². The Morgan fingerprint density at radius 1 is 1.30 bits per heavy atom. The van der Waals surface area contributed by atoms with E-state index < -0.39 is 0 Å². The van der Waals surface area contributed by atoms with E-state index in [0.717, 1.165) is 21.7 Å². The van der Waals surface area contributed by atoms with Gasteiger partial charge in [0.15, 0.2) is 5.16 Å². The van der Waals surface area contributed by atoms with Crippen molar-refractivity contribution < 1.29 is 0 Å². The summed E-state index contributed by atoms with van der Waals surface area (Å²) >= 11 is 3.06. The maximum absolute atomic E-state index is 5.43. The van der Waals surface area contributed by atoms with Crippen molar-refractivity contribution in [1.82, 2.24) is 19.9 Å². The van der Waals surface area contributed by atoms with Crippen molar-refractivity contribution in [2.24, 2.45) is 5.84 Å². The molecule has 20 heavy (non-hydrogen) atoms. The van der Waals surface area contributed by atoms with E-state index in [1.807, 2.05) is 0 Å². The predicted octanol–water partition coefficient (Wildman–Crippen LogP) is 2.48. The fraction of sp³-hybridized carbons (Fsp3) is 0.167. The average Bonchev–Trinajstić information content (AvgIpc) is 2.91. The number of anilines is 1. The van der Waals surface area contributed by atoms with Crippen molar-refractivity contribution in [1.29, 1.82) is 0 Å². The smallest absolute Gasteiger partial charge is 0.239 e. The Morgan fingerprint density at radius 3 is 2.80 bits per heavy atom. The zero-order valence-corrected chi connectivity index (χ0v) is 12.3. The molecular weight excluding hydrogens is 292 g/mol. The zero-order chi connectivity index (χ0) is 13.9. The minimum atomic E-state index is 0.403. The Balaban J connectivity index is 2.09. The maximum Gasteiger partial charge on any atom is 0.239 e. The second-order valence-electron chi connectivity index (χ2n) is 3.92. The summed E-state index contributed by atoms with van der Waals surface area (Å²) < 4.78 is 0. The highest BCUT2D eigenvalue weighted by Crippen LogP contribution is 2.34. The first-order valence-electron chi connectivity index (χ1n) is 6.02.